The number of fused-ring (bicyclic) bond motifs is 12. The summed E-state index contributed by atoms with van der Waals surface area (Å²) in [5.74, 6) is 11.2. The van der Waals surface area contributed by atoms with Crippen molar-refractivity contribution >= 4 is 39.4 Å². The van der Waals surface area contributed by atoms with Gasteiger partial charge in [-0.2, -0.15) is 0 Å². The summed E-state index contributed by atoms with van der Waals surface area (Å²) in [5, 5.41) is 36.7. The lowest BCUT2D eigenvalue weighted by Gasteiger charge is -2.41. The van der Waals surface area contributed by atoms with E-state index in [0.717, 1.165) is 131 Å². The standard InChI is InChI=1S/C67H74N4O8S2/c1-36(72)77-34-50-46-17-18-48-58-42(30-45(74)31-55(58)76-2)33-67-25-24-38(32-67)26-40-15-23-57(68)71-51(40)13-7-12-47-59(63(50)78-64(46)61(48)67)49-19-22-54-66(79-65(49)62(75)60(47)53-20-14-41-29-44(73)16-21-52(41)70-53)56(28-37-8-4-3-5-9-37)81-80-35-39-10-6-11-43(27-39)69-54/h3-5,8-9,15,17-19,22-23,30-31,38-39,41,43,50,52-54,56-57,63,66,69-71,74-75H,6,10-12,14,16,20-21,24-29,32-35,68H2,1-2H3. The molecule has 4 aromatic carbocycles. The van der Waals surface area contributed by atoms with Crippen LogP contribution >= 0.6 is 21.6 Å². The second-order valence-corrected chi connectivity index (χ2v) is 27.7. The number of aromatic hydroxyl groups is 2. The van der Waals surface area contributed by atoms with Crippen LogP contribution in [0.5, 0.6) is 28.7 Å². The summed E-state index contributed by atoms with van der Waals surface area (Å²) in [6.45, 7) is 1.53. The highest BCUT2D eigenvalue weighted by atomic mass is 33.1. The van der Waals surface area contributed by atoms with Crippen LogP contribution in [0.3, 0.4) is 0 Å². The number of phenols is 2. The van der Waals surface area contributed by atoms with Gasteiger partial charge < -0.3 is 50.8 Å². The summed E-state index contributed by atoms with van der Waals surface area (Å²) in [7, 11) is 5.56. The largest absolute Gasteiger partial charge is 0.508 e. The van der Waals surface area contributed by atoms with Crippen molar-refractivity contribution in [2.75, 3.05) is 19.5 Å². The number of hydrogen-bond acceptors (Lipinski definition) is 14. The van der Waals surface area contributed by atoms with E-state index in [2.05, 4.69) is 88.5 Å². The SMILES string of the molecule is COc1cc(O)cc2c1-c1ccc3c4c1C1(CCC(CC5=C(C#CCc6c(C7CCC8CC(=O)CCC8N7)c(O)c7c(c6C(O4)C3COC(C)=O)C=CC3NC4CCCC(CSSC(Cc6ccccc6)C3O7)C4)NC(N)C=C5)C1)C2. The number of piperidine rings is 1. The molecule has 422 valence electrons. The molecular formula is C67H74N4O8S2. The number of carbonyl (C=O) groups excluding carboxylic acids is 2. The number of Topliss-reactive ketones (excluding diaryl/α,β-unsaturated/α-hetero) is 1. The molecular weight excluding hydrogens is 1050 g/mol. The molecule has 5 fully saturated rings. The lowest BCUT2D eigenvalue weighted by atomic mass is 9.65. The number of nitrogens with one attached hydrogen (secondary N) is 3. The van der Waals surface area contributed by atoms with Crippen molar-refractivity contribution in [2.45, 2.75) is 169 Å². The third kappa shape index (κ3) is 9.84. The third-order valence-corrected chi connectivity index (χ3v) is 23.0. The van der Waals surface area contributed by atoms with E-state index in [0.29, 0.717) is 60.8 Å². The van der Waals surface area contributed by atoms with E-state index in [1.165, 1.54) is 25.3 Å². The molecule has 4 aliphatic carbocycles. The number of ketones is 1. The van der Waals surface area contributed by atoms with Crippen LogP contribution in [-0.4, -0.2) is 77.1 Å². The Morgan fingerprint density at radius 3 is 2.70 bits per heavy atom. The normalized spacial score (nSPS) is 32.4. The zero-order valence-electron chi connectivity index (χ0n) is 46.4. The molecule has 12 nitrogen and oxygen atoms in total. The lowest BCUT2D eigenvalue weighted by molar-refractivity contribution is -0.142. The molecule has 13 atom stereocenters. The highest BCUT2D eigenvalue weighted by Gasteiger charge is 2.52. The zero-order chi connectivity index (χ0) is 55.1. The zero-order valence-corrected chi connectivity index (χ0v) is 48.0. The number of carbonyl (C=O) groups is 2. The van der Waals surface area contributed by atoms with Crippen molar-refractivity contribution in [3.63, 3.8) is 0 Å². The molecule has 1 spiro atoms. The van der Waals surface area contributed by atoms with Gasteiger partial charge in [0.25, 0.3) is 0 Å². The van der Waals surface area contributed by atoms with Crippen LogP contribution < -0.4 is 35.9 Å². The Balaban J connectivity index is 1.02. The Labute approximate surface area is 483 Å². The van der Waals surface area contributed by atoms with Gasteiger partial charge in [-0.15, -0.1) is 0 Å². The minimum Gasteiger partial charge on any atom is -0.508 e. The molecule has 6 bridgehead atoms. The Morgan fingerprint density at radius 2 is 1.84 bits per heavy atom. The first-order chi connectivity index (χ1) is 39.5. The molecule has 14 rings (SSSR count). The van der Waals surface area contributed by atoms with Crippen LogP contribution in [0, 0.1) is 29.6 Å². The van der Waals surface area contributed by atoms with E-state index in [1.807, 2.05) is 33.7 Å². The monoisotopic (exact) mass is 1130 g/mol. The van der Waals surface area contributed by atoms with Crippen molar-refractivity contribution in [3.05, 3.63) is 129 Å². The summed E-state index contributed by atoms with van der Waals surface area (Å²) < 4.78 is 28.1. The second-order valence-electron chi connectivity index (χ2n) is 25.0. The molecule has 4 aromatic rings. The number of nitrogens with two attached hydrogens (primary N) is 1. The van der Waals surface area contributed by atoms with E-state index < -0.39 is 18.2 Å². The van der Waals surface area contributed by atoms with E-state index in [4.69, 9.17) is 24.7 Å². The van der Waals surface area contributed by atoms with Gasteiger partial charge >= 0.3 is 5.97 Å². The first kappa shape index (κ1) is 53.2. The summed E-state index contributed by atoms with van der Waals surface area (Å²) in [5.41, 5.74) is 17.8. The van der Waals surface area contributed by atoms with Gasteiger partial charge in [-0.1, -0.05) is 94.6 Å². The molecule has 3 saturated carbocycles. The van der Waals surface area contributed by atoms with E-state index in [-0.39, 0.29) is 71.3 Å². The van der Waals surface area contributed by atoms with Gasteiger partial charge in [0.15, 0.2) is 11.5 Å². The average molecular weight is 1130 g/mol. The maximum Gasteiger partial charge on any atom is 0.302 e. The first-order valence-corrected chi connectivity index (χ1v) is 32.3. The molecule has 7 N–H and O–H groups in total. The van der Waals surface area contributed by atoms with Gasteiger partial charge in [0, 0.05) is 94.9 Å². The molecule has 0 radical (unpaired) electrons. The molecule has 10 aliphatic rings. The average Bonchev–Trinajstić information content (AvgIpc) is 2.81. The summed E-state index contributed by atoms with van der Waals surface area (Å²) in [4.78, 5) is 26.2. The van der Waals surface area contributed by atoms with Gasteiger partial charge in [0.05, 0.1) is 36.2 Å². The second kappa shape index (κ2) is 21.7. The summed E-state index contributed by atoms with van der Waals surface area (Å²) in [6, 6.07) is 18.6. The number of benzene rings is 4. The molecule has 0 aromatic heterocycles. The number of rotatable bonds is 6. The smallest absolute Gasteiger partial charge is 0.302 e. The number of phenolic OH excluding ortho intramolecular Hbond substituents is 2. The summed E-state index contributed by atoms with van der Waals surface area (Å²) in [6.07, 6.45) is 20.4. The van der Waals surface area contributed by atoms with Crippen molar-refractivity contribution < 1.29 is 38.7 Å². The van der Waals surface area contributed by atoms with E-state index >= 15 is 0 Å². The van der Waals surface area contributed by atoms with Crippen LogP contribution in [-0.2, 0) is 39.0 Å². The molecule has 13 unspecified atom stereocenters. The molecule has 81 heavy (non-hydrogen) atoms. The van der Waals surface area contributed by atoms with Crippen molar-refractivity contribution in [1.29, 1.82) is 0 Å². The fourth-order valence-corrected chi connectivity index (χ4v) is 19.6. The first-order valence-electron chi connectivity index (χ1n) is 29.9. The predicted octanol–water partition coefficient (Wildman–Crippen LogP) is 11.3. The quantitative estimate of drug-likeness (QED) is 0.0612. The highest BCUT2D eigenvalue weighted by molar-refractivity contribution is 8.77. The van der Waals surface area contributed by atoms with Crippen LogP contribution in [0.2, 0.25) is 0 Å². The van der Waals surface area contributed by atoms with Crippen LogP contribution in [0.4, 0.5) is 0 Å². The minimum atomic E-state index is -0.719. The van der Waals surface area contributed by atoms with Crippen molar-refractivity contribution in [3.8, 4) is 51.7 Å². The fraction of sp³-hybridized carbons (Fsp3) is 0.493. The number of hydrogen-bond donors (Lipinski definition) is 6. The van der Waals surface area contributed by atoms with Crippen molar-refractivity contribution in [1.82, 2.24) is 16.0 Å². The Morgan fingerprint density at radius 1 is 0.951 bits per heavy atom. The minimum absolute atomic E-state index is 0.00157. The van der Waals surface area contributed by atoms with E-state index in [1.54, 1.807) is 13.2 Å². The fourth-order valence-electron chi connectivity index (χ4n) is 16.4. The van der Waals surface area contributed by atoms with Gasteiger partial charge in [-0.25, -0.2) is 0 Å². The van der Waals surface area contributed by atoms with E-state index in [9.17, 15) is 19.8 Å². The van der Waals surface area contributed by atoms with Gasteiger partial charge in [0.2, 0.25) is 0 Å². The molecule has 6 heterocycles. The van der Waals surface area contributed by atoms with Gasteiger partial charge in [-0.3, -0.25) is 9.59 Å². The van der Waals surface area contributed by atoms with Crippen LogP contribution in [0.1, 0.15) is 153 Å². The Hall–Kier alpha value is -5.82. The molecule has 6 aliphatic heterocycles. The van der Waals surface area contributed by atoms with Gasteiger partial charge in [0.1, 0.15) is 41.8 Å². The predicted molar refractivity (Wildman–Crippen MR) is 318 cm³/mol. The maximum absolute atomic E-state index is 13.7. The molecule has 14 heteroatoms. The number of esters is 1. The number of ether oxygens (including phenoxy) is 4. The van der Waals surface area contributed by atoms with Crippen LogP contribution in [0.25, 0.3) is 17.2 Å². The highest BCUT2D eigenvalue weighted by Crippen LogP contribution is 2.64. The number of allylic oxidation sites excluding steroid dienone is 3. The maximum atomic E-state index is 13.7. The topological polar surface area (TPSA) is 174 Å². The van der Waals surface area contributed by atoms with Crippen molar-refractivity contribution in [2.24, 2.45) is 23.5 Å². The van der Waals surface area contributed by atoms with Gasteiger partial charge in [-0.05, 0) is 141 Å². The third-order valence-electron chi connectivity index (χ3n) is 20.0. The Kier molecular flexibility index (Phi) is 14.3. The number of methoxy groups -OCH3 is 1. The molecule has 0 amide bonds. The lowest BCUT2D eigenvalue weighted by Crippen LogP contribution is -2.52. The summed E-state index contributed by atoms with van der Waals surface area (Å²) >= 11 is 0. The number of dihydropyridines is 1. The van der Waals surface area contributed by atoms with Crippen LogP contribution in [0.15, 0.2) is 84.1 Å². The molecule has 2 saturated heterocycles. The Bertz CT molecular complexity index is 3350.